The molecule has 9 heteroatoms. The maximum atomic E-state index is 13.9. The molecule has 1 atom stereocenters. The lowest BCUT2D eigenvalue weighted by Crippen LogP contribution is -2.45. The van der Waals surface area contributed by atoms with Gasteiger partial charge in [-0.1, -0.05) is 72.3 Å². The number of nitrogens with zero attached hydrogens (tertiary/aromatic N) is 1. The number of hydrogen-bond acceptors (Lipinski definition) is 6. The number of carbonyl (C=O) groups is 2. The Hall–Kier alpha value is -4.69. The fourth-order valence-corrected chi connectivity index (χ4v) is 4.67. The molecule has 0 saturated carbocycles. The van der Waals surface area contributed by atoms with Crippen molar-refractivity contribution in [3.8, 4) is 23.0 Å². The van der Waals surface area contributed by atoms with E-state index < -0.39 is 6.04 Å². The van der Waals surface area contributed by atoms with Crippen LogP contribution >= 0.6 is 11.6 Å². The molecule has 1 heterocycles. The Balaban J connectivity index is 1.42. The van der Waals surface area contributed by atoms with Gasteiger partial charge in [0.2, 0.25) is 12.7 Å². The highest BCUT2D eigenvalue weighted by Gasteiger charge is 2.32. The van der Waals surface area contributed by atoms with Crippen molar-refractivity contribution in [2.45, 2.75) is 19.1 Å². The van der Waals surface area contributed by atoms with Crippen molar-refractivity contribution in [3.05, 3.63) is 119 Å². The molecule has 8 nitrogen and oxygen atoms in total. The lowest BCUT2D eigenvalue weighted by Gasteiger charge is -2.31. The van der Waals surface area contributed by atoms with Gasteiger partial charge in [0.05, 0.1) is 12.1 Å². The van der Waals surface area contributed by atoms with Gasteiger partial charge in [0.15, 0.2) is 18.1 Å². The number of halogens is 1. The molecule has 0 fully saturated rings. The smallest absolute Gasteiger partial charge is 0.261 e. The molecular formula is C32H29ClN2O6. The molecule has 1 aliphatic heterocycles. The first-order valence-electron chi connectivity index (χ1n) is 13.0. The molecule has 0 spiro atoms. The Morgan fingerprint density at radius 2 is 1.61 bits per heavy atom. The lowest BCUT2D eigenvalue weighted by atomic mass is 10.0. The second kappa shape index (κ2) is 13.1. The first-order valence-corrected chi connectivity index (χ1v) is 13.4. The van der Waals surface area contributed by atoms with Gasteiger partial charge in [-0.25, -0.2) is 0 Å². The number of methoxy groups -OCH3 is 1. The van der Waals surface area contributed by atoms with E-state index in [9.17, 15) is 9.59 Å². The van der Waals surface area contributed by atoms with Gasteiger partial charge in [-0.15, -0.1) is 0 Å². The number of nitrogens with one attached hydrogen (secondary N) is 1. The van der Waals surface area contributed by atoms with E-state index in [1.807, 2.05) is 72.8 Å². The summed E-state index contributed by atoms with van der Waals surface area (Å²) in [4.78, 5) is 29.2. The summed E-state index contributed by atoms with van der Waals surface area (Å²) in [5, 5.41) is 3.39. The predicted molar refractivity (Wildman–Crippen MR) is 154 cm³/mol. The Kier molecular flexibility index (Phi) is 8.91. The summed E-state index contributed by atoms with van der Waals surface area (Å²) < 4.78 is 21.9. The van der Waals surface area contributed by atoms with E-state index in [1.54, 1.807) is 31.4 Å². The molecule has 1 N–H and O–H groups in total. The molecular weight excluding hydrogens is 544 g/mol. The van der Waals surface area contributed by atoms with Gasteiger partial charge >= 0.3 is 0 Å². The van der Waals surface area contributed by atoms with Crippen LogP contribution in [0.3, 0.4) is 0 Å². The summed E-state index contributed by atoms with van der Waals surface area (Å²) in [7, 11) is 1.59. The summed E-state index contributed by atoms with van der Waals surface area (Å²) in [6.45, 7) is 0.254. The minimum Gasteiger partial charge on any atom is -0.497 e. The van der Waals surface area contributed by atoms with Gasteiger partial charge < -0.3 is 29.2 Å². The van der Waals surface area contributed by atoms with E-state index in [1.165, 1.54) is 4.90 Å². The second-order valence-corrected chi connectivity index (χ2v) is 9.71. The molecule has 5 rings (SSSR count). The van der Waals surface area contributed by atoms with Crippen molar-refractivity contribution in [2.24, 2.45) is 0 Å². The minimum absolute atomic E-state index is 0.158. The summed E-state index contributed by atoms with van der Waals surface area (Å²) >= 11 is 6.25. The summed E-state index contributed by atoms with van der Waals surface area (Å²) in [6, 6.07) is 28.0. The Morgan fingerprint density at radius 1 is 0.902 bits per heavy atom. The highest BCUT2D eigenvalue weighted by Crippen LogP contribution is 2.33. The van der Waals surface area contributed by atoms with Gasteiger partial charge in [0.1, 0.15) is 17.5 Å². The van der Waals surface area contributed by atoms with Crippen LogP contribution in [0.1, 0.15) is 22.7 Å². The quantitative estimate of drug-likeness (QED) is 0.254. The number of fused-ring (bicyclic) bond motifs is 1. The van der Waals surface area contributed by atoms with E-state index in [4.69, 9.17) is 30.5 Å². The monoisotopic (exact) mass is 572 g/mol. The molecule has 1 aliphatic rings. The average molecular weight is 573 g/mol. The predicted octanol–water partition coefficient (Wildman–Crippen LogP) is 5.54. The molecule has 41 heavy (non-hydrogen) atoms. The molecule has 2 amide bonds. The maximum absolute atomic E-state index is 13.9. The zero-order chi connectivity index (χ0) is 28.6. The molecule has 0 saturated heterocycles. The molecule has 4 aromatic carbocycles. The van der Waals surface area contributed by atoms with E-state index in [0.717, 1.165) is 11.1 Å². The van der Waals surface area contributed by atoms with Gasteiger partial charge in [-0.05, 0) is 53.1 Å². The molecule has 0 radical (unpaired) electrons. The molecule has 0 aromatic heterocycles. The second-order valence-electron chi connectivity index (χ2n) is 9.31. The minimum atomic E-state index is -0.936. The third-order valence-corrected chi connectivity index (χ3v) is 6.91. The van der Waals surface area contributed by atoms with Crippen LogP contribution in [-0.2, 0) is 22.7 Å². The number of amides is 2. The maximum Gasteiger partial charge on any atom is 0.261 e. The third-order valence-electron chi connectivity index (χ3n) is 6.60. The first kappa shape index (κ1) is 27.9. The van der Waals surface area contributed by atoms with E-state index in [0.29, 0.717) is 33.6 Å². The van der Waals surface area contributed by atoms with Gasteiger partial charge in [-0.3, -0.25) is 9.59 Å². The molecule has 0 unspecified atom stereocenters. The fourth-order valence-electron chi connectivity index (χ4n) is 4.48. The molecule has 0 bridgehead atoms. The standard InChI is InChI=1S/C32H29ClN2O6/c1-38-25-14-11-22(12-15-25)19-35(30(36)20-39-27-10-6-5-9-26(27)33)31(24-7-3-2-4-8-24)32(37)34-18-23-13-16-28-29(17-23)41-21-40-28/h2-17,31H,18-21H2,1H3,(H,34,37)/t31-/m1/s1. The molecule has 210 valence electrons. The fraction of sp³-hybridized carbons (Fsp3) is 0.188. The van der Waals surface area contributed by atoms with Crippen LogP contribution in [0, 0.1) is 0 Å². The van der Waals surface area contributed by atoms with Crippen molar-refractivity contribution in [2.75, 3.05) is 20.5 Å². The van der Waals surface area contributed by atoms with Crippen LogP contribution in [0.5, 0.6) is 23.0 Å². The van der Waals surface area contributed by atoms with Crippen molar-refractivity contribution >= 4 is 23.4 Å². The SMILES string of the molecule is COc1ccc(CN(C(=O)COc2ccccc2Cl)[C@@H](C(=O)NCc2ccc3c(c2)OCO3)c2ccccc2)cc1. The van der Waals surface area contributed by atoms with Crippen molar-refractivity contribution < 1.29 is 28.5 Å². The van der Waals surface area contributed by atoms with Crippen LogP contribution in [0.2, 0.25) is 5.02 Å². The summed E-state index contributed by atoms with van der Waals surface area (Å²) in [5.41, 5.74) is 2.32. The Bertz CT molecular complexity index is 1500. The highest BCUT2D eigenvalue weighted by atomic mass is 35.5. The van der Waals surface area contributed by atoms with E-state index in [2.05, 4.69) is 5.32 Å². The van der Waals surface area contributed by atoms with E-state index in [-0.39, 0.29) is 38.3 Å². The number of para-hydroxylation sites is 1. The number of benzene rings is 4. The topological polar surface area (TPSA) is 86.3 Å². The molecule has 0 aliphatic carbocycles. The zero-order valence-electron chi connectivity index (χ0n) is 22.4. The average Bonchev–Trinajstić information content (AvgIpc) is 3.48. The van der Waals surface area contributed by atoms with Crippen LogP contribution in [-0.4, -0.2) is 37.2 Å². The normalized spacial score (nSPS) is 12.3. The molecule has 4 aromatic rings. The van der Waals surface area contributed by atoms with Crippen LogP contribution in [0.25, 0.3) is 0 Å². The number of ether oxygens (including phenoxy) is 4. The van der Waals surface area contributed by atoms with Gasteiger partial charge in [-0.2, -0.15) is 0 Å². The first-order chi connectivity index (χ1) is 20.0. The van der Waals surface area contributed by atoms with Crippen LogP contribution in [0.4, 0.5) is 0 Å². The number of rotatable bonds is 11. The van der Waals surface area contributed by atoms with Crippen molar-refractivity contribution in [3.63, 3.8) is 0 Å². The van der Waals surface area contributed by atoms with Crippen LogP contribution in [0.15, 0.2) is 97.1 Å². The summed E-state index contributed by atoms with van der Waals surface area (Å²) in [6.07, 6.45) is 0. The Morgan fingerprint density at radius 3 is 2.37 bits per heavy atom. The number of carbonyl (C=O) groups excluding carboxylic acids is 2. The largest absolute Gasteiger partial charge is 0.497 e. The van der Waals surface area contributed by atoms with Crippen molar-refractivity contribution in [1.29, 1.82) is 0 Å². The van der Waals surface area contributed by atoms with Gasteiger partial charge in [0, 0.05) is 13.1 Å². The van der Waals surface area contributed by atoms with Gasteiger partial charge in [0.25, 0.3) is 5.91 Å². The third kappa shape index (κ3) is 6.91. The highest BCUT2D eigenvalue weighted by molar-refractivity contribution is 6.32. The summed E-state index contributed by atoms with van der Waals surface area (Å²) in [5.74, 6) is 1.65. The van der Waals surface area contributed by atoms with E-state index >= 15 is 0 Å². The van der Waals surface area contributed by atoms with Crippen LogP contribution < -0.4 is 24.3 Å². The van der Waals surface area contributed by atoms with Crippen molar-refractivity contribution in [1.82, 2.24) is 10.2 Å². The number of hydrogen-bond donors (Lipinski definition) is 1. The Labute approximate surface area is 243 Å². The zero-order valence-corrected chi connectivity index (χ0v) is 23.2. The lowest BCUT2D eigenvalue weighted by molar-refractivity contribution is -0.143.